The molecular formula is C15H20FN3. The minimum Gasteiger partial charge on any atom is -0.372 e. The third-order valence-corrected chi connectivity index (χ3v) is 4.26. The zero-order chi connectivity index (χ0) is 13.9. The van der Waals surface area contributed by atoms with Crippen LogP contribution in [0.1, 0.15) is 25.7 Å². The zero-order valence-corrected chi connectivity index (χ0v) is 11.5. The summed E-state index contributed by atoms with van der Waals surface area (Å²) in [7, 11) is 3.85. The molecule has 0 spiro atoms. The number of nitrogens with zero attached hydrogens (tertiary/aromatic N) is 2. The summed E-state index contributed by atoms with van der Waals surface area (Å²) in [5.41, 5.74) is 0.526. The van der Waals surface area contributed by atoms with E-state index in [0.717, 1.165) is 31.4 Å². The number of nitrogens with one attached hydrogen (secondary N) is 1. The highest BCUT2D eigenvalue weighted by Gasteiger charge is 2.35. The van der Waals surface area contributed by atoms with Crippen LogP contribution in [0, 0.1) is 17.1 Å². The molecule has 0 radical (unpaired) electrons. The van der Waals surface area contributed by atoms with Gasteiger partial charge in [0.05, 0.1) is 6.07 Å². The van der Waals surface area contributed by atoms with Gasteiger partial charge < -0.3 is 10.2 Å². The smallest absolute Gasteiger partial charge is 0.125 e. The van der Waals surface area contributed by atoms with E-state index in [1.165, 1.54) is 6.07 Å². The van der Waals surface area contributed by atoms with E-state index in [4.69, 9.17) is 0 Å². The van der Waals surface area contributed by atoms with Crippen molar-refractivity contribution >= 4 is 5.69 Å². The minimum absolute atomic E-state index is 0.207. The van der Waals surface area contributed by atoms with Crippen LogP contribution < -0.4 is 10.2 Å². The second-order valence-electron chi connectivity index (χ2n) is 5.27. The van der Waals surface area contributed by atoms with Crippen LogP contribution in [-0.4, -0.2) is 25.7 Å². The fourth-order valence-electron chi connectivity index (χ4n) is 2.81. The molecule has 0 atom stereocenters. The van der Waals surface area contributed by atoms with Crippen LogP contribution in [0.5, 0.6) is 0 Å². The Labute approximate surface area is 114 Å². The molecule has 1 N–H and O–H groups in total. The summed E-state index contributed by atoms with van der Waals surface area (Å²) in [6.07, 6.45) is 3.57. The van der Waals surface area contributed by atoms with Gasteiger partial charge in [-0.25, -0.2) is 4.39 Å². The number of rotatable bonds is 3. The molecule has 0 unspecified atom stereocenters. The van der Waals surface area contributed by atoms with E-state index in [-0.39, 0.29) is 11.4 Å². The molecule has 1 fully saturated rings. The fourth-order valence-corrected chi connectivity index (χ4v) is 2.81. The summed E-state index contributed by atoms with van der Waals surface area (Å²) in [4.78, 5) is 2.13. The highest BCUT2D eigenvalue weighted by atomic mass is 19.1. The summed E-state index contributed by atoms with van der Waals surface area (Å²) < 4.78 is 13.2. The maximum atomic E-state index is 13.2. The molecule has 1 saturated carbocycles. The predicted octanol–water partition coefficient (Wildman–Crippen LogP) is 2.69. The summed E-state index contributed by atoms with van der Waals surface area (Å²) in [6.45, 7) is 0. The highest BCUT2D eigenvalue weighted by Crippen LogP contribution is 2.32. The monoisotopic (exact) mass is 261 g/mol. The molecule has 0 heterocycles. The highest BCUT2D eigenvalue weighted by molar-refractivity contribution is 5.46. The molecule has 0 saturated heterocycles. The number of hydrogen-bond donors (Lipinski definition) is 1. The predicted molar refractivity (Wildman–Crippen MR) is 74.5 cm³/mol. The largest absolute Gasteiger partial charge is 0.372 e. The van der Waals surface area contributed by atoms with Crippen LogP contribution in [-0.2, 0) is 0 Å². The fraction of sp³-hybridized carbons (Fsp3) is 0.533. The molecular weight excluding hydrogens is 241 g/mol. The lowest BCUT2D eigenvalue weighted by Crippen LogP contribution is -2.48. The standard InChI is InChI=1S/C15H20FN3/c1-18-15(11-17)8-6-13(7-9-15)19(2)14-5-3-4-12(16)10-14/h3-5,10,13,18H,6-9H2,1-2H3. The second kappa shape index (κ2) is 5.58. The van der Waals surface area contributed by atoms with Gasteiger partial charge in [-0.1, -0.05) is 6.07 Å². The summed E-state index contributed by atoms with van der Waals surface area (Å²) in [5.74, 6) is -0.207. The Morgan fingerprint density at radius 2 is 2.11 bits per heavy atom. The van der Waals surface area contributed by atoms with Gasteiger partial charge in [-0.3, -0.25) is 0 Å². The first-order chi connectivity index (χ1) is 9.10. The minimum atomic E-state index is -0.376. The van der Waals surface area contributed by atoms with E-state index in [0.29, 0.717) is 6.04 Å². The number of nitriles is 1. The first-order valence-corrected chi connectivity index (χ1v) is 6.69. The first-order valence-electron chi connectivity index (χ1n) is 6.69. The van der Waals surface area contributed by atoms with Crippen molar-refractivity contribution in [1.29, 1.82) is 5.26 Å². The van der Waals surface area contributed by atoms with Crippen molar-refractivity contribution < 1.29 is 4.39 Å². The summed E-state index contributed by atoms with van der Waals surface area (Å²) in [6, 6.07) is 9.43. The summed E-state index contributed by atoms with van der Waals surface area (Å²) >= 11 is 0. The molecule has 0 aliphatic heterocycles. The van der Waals surface area contributed by atoms with Gasteiger partial charge in [0.1, 0.15) is 11.4 Å². The topological polar surface area (TPSA) is 39.1 Å². The van der Waals surface area contributed by atoms with Gasteiger partial charge in [-0.05, 0) is 50.9 Å². The van der Waals surface area contributed by atoms with Crippen molar-refractivity contribution in [1.82, 2.24) is 5.32 Å². The lowest BCUT2D eigenvalue weighted by atomic mass is 9.80. The molecule has 19 heavy (non-hydrogen) atoms. The van der Waals surface area contributed by atoms with E-state index in [1.807, 2.05) is 20.2 Å². The Balaban J connectivity index is 2.04. The number of anilines is 1. The zero-order valence-electron chi connectivity index (χ0n) is 11.5. The van der Waals surface area contributed by atoms with Gasteiger partial charge >= 0.3 is 0 Å². The molecule has 0 bridgehead atoms. The van der Waals surface area contributed by atoms with Crippen LogP contribution in [0.15, 0.2) is 24.3 Å². The van der Waals surface area contributed by atoms with E-state index < -0.39 is 0 Å². The molecule has 102 valence electrons. The Hall–Kier alpha value is -1.60. The Kier molecular flexibility index (Phi) is 4.06. The average Bonchev–Trinajstić information content (AvgIpc) is 2.46. The van der Waals surface area contributed by atoms with Gasteiger partial charge in [0.25, 0.3) is 0 Å². The van der Waals surface area contributed by atoms with Crippen LogP contribution in [0.2, 0.25) is 0 Å². The lowest BCUT2D eigenvalue weighted by molar-refractivity contribution is 0.287. The summed E-state index contributed by atoms with van der Waals surface area (Å²) in [5, 5.41) is 12.4. The van der Waals surface area contributed by atoms with Crippen molar-refractivity contribution in [3.05, 3.63) is 30.1 Å². The molecule has 0 aromatic heterocycles. The number of halogens is 1. The molecule has 1 aromatic rings. The van der Waals surface area contributed by atoms with Gasteiger partial charge in [0, 0.05) is 18.8 Å². The van der Waals surface area contributed by atoms with Gasteiger partial charge in [0.2, 0.25) is 0 Å². The molecule has 0 amide bonds. The van der Waals surface area contributed by atoms with Crippen LogP contribution in [0.4, 0.5) is 10.1 Å². The van der Waals surface area contributed by atoms with E-state index >= 15 is 0 Å². The van der Waals surface area contributed by atoms with Crippen molar-refractivity contribution in [3.63, 3.8) is 0 Å². The number of benzene rings is 1. The van der Waals surface area contributed by atoms with Crippen molar-refractivity contribution in [2.45, 2.75) is 37.3 Å². The normalized spacial score (nSPS) is 26.7. The van der Waals surface area contributed by atoms with Gasteiger partial charge in [-0.15, -0.1) is 0 Å². The molecule has 1 aliphatic rings. The van der Waals surface area contributed by atoms with Crippen LogP contribution >= 0.6 is 0 Å². The van der Waals surface area contributed by atoms with E-state index in [9.17, 15) is 9.65 Å². The molecule has 2 rings (SSSR count). The SMILES string of the molecule is CNC1(C#N)CCC(N(C)c2cccc(F)c2)CC1. The van der Waals surface area contributed by atoms with Gasteiger partial charge in [0.15, 0.2) is 0 Å². The third kappa shape index (κ3) is 2.87. The van der Waals surface area contributed by atoms with Crippen molar-refractivity contribution in [2.24, 2.45) is 0 Å². The van der Waals surface area contributed by atoms with E-state index in [2.05, 4.69) is 16.3 Å². The average molecular weight is 261 g/mol. The number of hydrogen-bond acceptors (Lipinski definition) is 3. The van der Waals surface area contributed by atoms with Gasteiger partial charge in [-0.2, -0.15) is 5.26 Å². The maximum absolute atomic E-state index is 13.2. The van der Waals surface area contributed by atoms with Crippen molar-refractivity contribution in [3.8, 4) is 6.07 Å². The Bertz CT molecular complexity index is 473. The molecule has 1 aliphatic carbocycles. The third-order valence-electron chi connectivity index (χ3n) is 4.26. The Morgan fingerprint density at radius 3 is 2.63 bits per heavy atom. The van der Waals surface area contributed by atoms with Crippen LogP contribution in [0.25, 0.3) is 0 Å². The molecule has 1 aromatic carbocycles. The molecule has 4 heteroatoms. The second-order valence-corrected chi connectivity index (χ2v) is 5.27. The Morgan fingerprint density at radius 1 is 1.42 bits per heavy atom. The maximum Gasteiger partial charge on any atom is 0.125 e. The first kappa shape index (κ1) is 13.8. The lowest BCUT2D eigenvalue weighted by Gasteiger charge is -2.39. The van der Waals surface area contributed by atoms with Crippen molar-refractivity contribution in [2.75, 3.05) is 19.0 Å². The quantitative estimate of drug-likeness (QED) is 0.909. The molecule has 3 nitrogen and oxygen atoms in total. The van der Waals surface area contributed by atoms with Crippen LogP contribution in [0.3, 0.4) is 0 Å². The van der Waals surface area contributed by atoms with E-state index in [1.54, 1.807) is 12.1 Å².